The van der Waals surface area contributed by atoms with Crippen molar-refractivity contribution >= 4 is 66.0 Å². The molecule has 54 heavy (non-hydrogen) atoms. The van der Waals surface area contributed by atoms with Crippen molar-refractivity contribution in [2.75, 3.05) is 10.6 Å². The first-order valence-corrected chi connectivity index (χ1v) is 18.3. The van der Waals surface area contributed by atoms with Gasteiger partial charge in [0.15, 0.2) is 0 Å². The van der Waals surface area contributed by atoms with E-state index < -0.39 is 24.2 Å². The second kappa shape index (κ2) is 13.3. The van der Waals surface area contributed by atoms with Crippen molar-refractivity contribution in [1.82, 2.24) is 4.57 Å². The topological polar surface area (TPSA) is 34.2 Å². The van der Waals surface area contributed by atoms with Gasteiger partial charge < -0.3 is 15.2 Å². The van der Waals surface area contributed by atoms with Crippen LogP contribution in [0.25, 0.3) is 71.0 Å². The minimum absolute atomic E-state index is 0.0341. The monoisotopic (exact) mass is 718 g/mol. The van der Waals surface area contributed by atoms with E-state index in [1.54, 1.807) is 35.6 Å². The lowest BCUT2D eigenvalue weighted by atomic mass is 10.0. The van der Waals surface area contributed by atoms with Crippen LogP contribution in [0.15, 0.2) is 200 Å². The number of hydrogen-bond donors (Lipinski definition) is 1. The van der Waals surface area contributed by atoms with Crippen LogP contribution in [0.4, 0.5) is 22.1 Å². The van der Waals surface area contributed by atoms with Crippen LogP contribution < -0.4 is 10.6 Å². The minimum Gasteiger partial charge on any atom is -0.398 e. The van der Waals surface area contributed by atoms with Gasteiger partial charge in [0.2, 0.25) is 0 Å². The van der Waals surface area contributed by atoms with E-state index in [2.05, 4.69) is 94.4 Å². The van der Waals surface area contributed by atoms with Gasteiger partial charge in [-0.1, -0.05) is 133 Å². The summed E-state index contributed by atoms with van der Waals surface area (Å²) in [5.74, 6) is 0. The average Bonchev–Trinajstić information content (AvgIpc) is 3.93. The van der Waals surface area contributed by atoms with Crippen molar-refractivity contribution < 1.29 is 12.3 Å². The molecule has 0 aliphatic rings. The lowest BCUT2D eigenvalue weighted by Crippen LogP contribution is -2.08. The Morgan fingerprint density at radius 1 is 0.519 bits per heavy atom. The summed E-state index contributed by atoms with van der Waals surface area (Å²) in [5.41, 5.74) is 13.3. The summed E-state index contributed by atoms with van der Waals surface area (Å²) in [6.07, 6.45) is 0. The van der Waals surface area contributed by atoms with Gasteiger partial charge >= 0.3 is 0 Å². The standard InChI is InChI=1S/C50H35N3S/c51-45-18-10-9-16-42(45)37-21-27-41(28-22-37)52(40-25-19-35(20-26-40)34-11-3-1-4-12-34)49-32-31-48(54-49)38-23-29-44-47(33-38)53(39-14-5-2-6-15-39)46-30-24-36-13-7-8-17-43(36)50(44)46/h1-33H,51H2/i1D,3D,4D,9D,10D,11D,12D,16D,18D. The van der Waals surface area contributed by atoms with Crippen LogP contribution in [0.5, 0.6) is 0 Å². The van der Waals surface area contributed by atoms with Gasteiger partial charge in [0, 0.05) is 44.0 Å². The summed E-state index contributed by atoms with van der Waals surface area (Å²) in [5, 5.41) is 5.57. The molecule has 3 nitrogen and oxygen atoms in total. The van der Waals surface area contributed by atoms with Crippen LogP contribution in [0.3, 0.4) is 0 Å². The molecule has 4 heteroatoms. The van der Waals surface area contributed by atoms with E-state index >= 15 is 0 Å². The molecule has 10 aromatic rings. The molecule has 0 unspecified atom stereocenters. The van der Waals surface area contributed by atoms with Gasteiger partial charge in [-0.25, -0.2) is 0 Å². The zero-order valence-corrected chi connectivity index (χ0v) is 29.6. The van der Waals surface area contributed by atoms with E-state index in [-0.39, 0.29) is 47.0 Å². The number of aromatic nitrogens is 1. The number of nitrogen functional groups attached to an aromatic ring is 1. The number of hydrogen-bond acceptors (Lipinski definition) is 3. The fourth-order valence-corrected chi connectivity index (χ4v) is 8.35. The van der Waals surface area contributed by atoms with Crippen molar-refractivity contribution in [1.29, 1.82) is 0 Å². The summed E-state index contributed by atoms with van der Waals surface area (Å²) in [6.45, 7) is 0. The molecule has 0 saturated heterocycles. The van der Waals surface area contributed by atoms with Gasteiger partial charge in [0.25, 0.3) is 0 Å². The highest BCUT2D eigenvalue weighted by molar-refractivity contribution is 7.19. The number of rotatable bonds is 7. The Balaban J connectivity index is 1.11. The fraction of sp³-hybridized carbons (Fsp3) is 0. The molecule has 0 fully saturated rings. The summed E-state index contributed by atoms with van der Waals surface area (Å²) in [6, 6.07) is 45.4. The third-order valence-electron chi connectivity index (χ3n) is 9.81. The van der Waals surface area contributed by atoms with Gasteiger partial charge in [0.05, 0.1) is 23.4 Å². The van der Waals surface area contributed by atoms with Crippen LogP contribution in [0.1, 0.15) is 12.3 Å². The van der Waals surface area contributed by atoms with Crippen LogP contribution in [-0.2, 0) is 0 Å². The Labute approximate surface area is 331 Å². The van der Waals surface area contributed by atoms with E-state index in [1.807, 2.05) is 36.4 Å². The van der Waals surface area contributed by atoms with Gasteiger partial charge in [-0.15, -0.1) is 11.3 Å². The third kappa shape index (κ3) is 5.52. The van der Waals surface area contributed by atoms with Gasteiger partial charge in [0.1, 0.15) is 5.00 Å². The summed E-state index contributed by atoms with van der Waals surface area (Å²) in [7, 11) is 0. The summed E-state index contributed by atoms with van der Waals surface area (Å²) in [4.78, 5) is 3.07. The predicted octanol–water partition coefficient (Wildman–Crippen LogP) is 14.1. The zero-order chi connectivity index (χ0) is 43.8. The van der Waals surface area contributed by atoms with E-state index in [9.17, 15) is 0 Å². The Bertz CT molecular complexity index is 3290. The number of benzene rings is 8. The maximum Gasteiger partial charge on any atom is 0.101 e. The van der Waals surface area contributed by atoms with Crippen LogP contribution >= 0.6 is 11.3 Å². The van der Waals surface area contributed by atoms with Crippen LogP contribution in [0, 0.1) is 0 Å². The first-order valence-electron chi connectivity index (χ1n) is 22.0. The lowest BCUT2D eigenvalue weighted by molar-refractivity contribution is 1.18. The molecule has 0 radical (unpaired) electrons. The van der Waals surface area contributed by atoms with E-state index in [0.29, 0.717) is 11.1 Å². The number of nitrogens with two attached hydrogens (primary N) is 1. The molecular weight excluding hydrogens is 675 g/mol. The Morgan fingerprint density at radius 3 is 2.00 bits per heavy atom. The highest BCUT2D eigenvalue weighted by Gasteiger charge is 2.19. The Morgan fingerprint density at radius 2 is 1.20 bits per heavy atom. The predicted molar refractivity (Wildman–Crippen MR) is 232 cm³/mol. The molecule has 0 saturated carbocycles. The normalized spacial score (nSPS) is 13.7. The SMILES string of the molecule is [2H]c1c([2H])c([2H])c(-c2ccc(N(c3ccc(-c4c([2H])c([2H])c([2H])c([2H])c4N)cc3)c3ccc(-c4ccc5c6c7ccccc7ccc6n(-c6ccccc6)c5c4)s3)cc2)c([2H])c1[2H]. The summed E-state index contributed by atoms with van der Waals surface area (Å²) >= 11 is 1.59. The highest BCUT2D eigenvalue weighted by Crippen LogP contribution is 2.45. The maximum absolute atomic E-state index is 8.60. The van der Waals surface area contributed by atoms with Crippen molar-refractivity contribution in [2.24, 2.45) is 0 Å². The quantitative estimate of drug-likeness (QED) is 0.167. The van der Waals surface area contributed by atoms with E-state index in [1.165, 1.54) is 16.2 Å². The first kappa shape index (κ1) is 23.6. The zero-order valence-electron chi connectivity index (χ0n) is 37.7. The van der Waals surface area contributed by atoms with Crippen molar-refractivity contribution in [3.05, 3.63) is 200 Å². The molecule has 0 spiro atoms. The number of fused-ring (bicyclic) bond motifs is 5. The number of nitrogens with zero attached hydrogens (tertiary/aromatic N) is 2. The van der Waals surface area contributed by atoms with E-state index in [0.717, 1.165) is 48.9 Å². The molecule has 0 atom stereocenters. The molecular formula is C50H35N3S. The van der Waals surface area contributed by atoms with Crippen molar-refractivity contribution in [3.8, 4) is 38.4 Å². The summed E-state index contributed by atoms with van der Waals surface area (Å²) < 4.78 is 77.2. The molecule has 2 heterocycles. The average molecular weight is 719 g/mol. The molecule has 0 amide bonds. The van der Waals surface area contributed by atoms with Gasteiger partial charge in [-0.3, -0.25) is 0 Å². The molecule has 0 bridgehead atoms. The maximum atomic E-state index is 8.60. The lowest BCUT2D eigenvalue weighted by Gasteiger charge is -2.24. The molecule has 10 rings (SSSR count). The molecule has 2 N–H and O–H groups in total. The second-order valence-electron chi connectivity index (χ2n) is 12.9. The smallest absolute Gasteiger partial charge is 0.101 e. The minimum atomic E-state index is -0.449. The van der Waals surface area contributed by atoms with Gasteiger partial charge in [-0.05, 0) is 99.7 Å². The van der Waals surface area contributed by atoms with E-state index in [4.69, 9.17) is 18.1 Å². The molecule has 2 aromatic heterocycles. The molecule has 256 valence electrons. The van der Waals surface area contributed by atoms with Crippen LogP contribution in [-0.4, -0.2) is 4.57 Å². The first-order chi connectivity index (χ1) is 30.4. The van der Waals surface area contributed by atoms with Crippen LogP contribution in [0.2, 0.25) is 0 Å². The molecule has 0 aliphatic carbocycles. The second-order valence-corrected chi connectivity index (χ2v) is 14.0. The Hall–Kier alpha value is -6.88. The largest absolute Gasteiger partial charge is 0.398 e. The third-order valence-corrected chi connectivity index (χ3v) is 10.9. The van der Waals surface area contributed by atoms with Crippen molar-refractivity contribution in [3.63, 3.8) is 0 Å². The molecule has 0 aliphatic heterocycles. The number of anilines is 4. The van der Waals surface area contributed by atoms with Crippen molar-refractivity contribution in [2.45, 2.75) is 0 Å². The Kier molecular flexibility index (Phi) is 5.81. The number of para-hydroxylation sites is 2. The highest BCUT2D eigenvalue weighted by atomic mass is 32.1. The fourth-order valence-electron chi connectivity index (χ4n) is 7.30. The van der Waals surface area contributed by atoms with Gasteiger partial charge in [-0.2, -0.15) is 0 Å². The number of thiophene rings is 1. The molecule has 8 aromatic carbocycles.